The van der Waals surface area contributed by atoms with Gasteiger partial charge in [-0.05, 0) is 19.8 Å². The predicted molar refractivity (Wildman–Crippen MR) is 75.8 cm³/mol. The summed E-state index contributed by atoms with van der Waals surface area (Å²) in [5, 5.41) is 13.0. The molecule has 1 aromatic heterocycles. The Morgan fingerprint density at radius 2 is 2.15 bits per heavy atom. The highest BCUT2D eigenvalue weighted by Gasteiger charge is 2.22. The summed E-state index contributed by atoms with van der Waals surface area (Å²) in [6.45, 7) is 5.91. The van der Waals surface area contributed by atoms with Crippen LogP contribution >= 0.6 is 0 Å². The number of aliphatic hydroxyl groups is 1. The smallest absolute Gasteiger partial charge is 0.132 e. The van der Waals surface area contributed by atoms with Crippen molar-refractivity contribution in [2.45, 2.75) is 31.9 Å². The average molecular weight is 278 g/mol. The molecular formula is C14H22N4O2. The molecule has 2 fully saturated rings. The summed E-state index contributed by atoms with van der Waals surface area (Å²) in [5.41, 5.74) is 0.998. The monoisotopic (exact) mass is 278 g/mol. The van der Waals surface area contributed by atoms with Gasteiger partial charge in [0.15, 0.2) is 0 Å². The molecule has 20 heavy (non-hydrogen) atoms. The van der Waals surface area contributed by atoms with E-state index in [4.69, 9.17) is 4.74 Å². The lowest BCUT2D eigenvalue weighted by molar-refractivity contribution is 0.0755. The zero-order chi connectivity index (χ0) is 13.9. The quantitative estimate of drug-likeness (QED) is 0.816. The number of rotatable bonds is 2. The highest BCUT2D eigenvalue weighted by atomic mass is 16.5. The van der Waals surface area contributed by atoms with Crippen LogP contribution in [0.5, 0.6) is 0 Å². The normalized spacial score (nSPS) is 24.9. The number of anilines is 1. The van der Waals surface area contributed by atoms with Gasteiger partial charge in [-0.1, -0.05) is 0 Å². The summed E-state index contributed by atoms with van der Waals surface area (Å²) in [7, 11) is 0. The highest BCUT2D eigenvalue weighted by molar-refractivity contribution is 5.41. The van der Waals surface area contributed by atoms with Crippen LogP contribution in [-0.2, 0) is 4.74 Å². The zero-order valence-electron chi connectivity index (χ0n) is 11.9. The number of hydrogen-bond donors (Lipinski definition) is 2. The minimum atomic E-state index is -0.165. The van der Waals surface area contributed by atoms with Gasteiger partial charge in [0.05, 0.1) is 31.1 Å². The number of nitrogens with one attached hydrogen (secondary N) is 1. The lowest BCUT2D eigenvalue weighted by Gasteiger charge is -2.31. The Morgan fingerprint density at radius 1 is 1.35 bits per heavy atom. The van der Waals surface area contributed by atoms with Crippen molar-refractivity contribution < 1.29 is 9.84 Å². The van der Waals surface area contributed by atoms with Crippen molar-refractivity contribution in [3.8, 4) is 0 Å². The molecule has 0 radical (unpaired) electrons. The van der Waals surface area contributed by atoms with E-state index in [1.54, 1.807) is 0 Å². The number of ether oxygens (including phenoxy) is 1. The first-order valence-corrected chi connectivity index (χ1v) is 7.32. The first-order valence-electron chi connectivity index (χ1n) is 7.32. The fraction of sp³-hybridized carbons (Fsp3) is 0.714. The Kier molecular flexibility index (Phi) is 4.14. The minimum absolute atomic E-state index is 0.152. The highest BCUT2D eigenvalue weighted by Crippen LogP contribution is 2.22. The molecule has 3 heterocycles. The van der Waals surface area contributed by atoms with Gasteiger partial charge in [-0.25, -0.2) is 9.97 Å². The van der Waals surface area contributed by atoms with Crippen molar-refractivity contribution in [2.75, 3.05) is 37.7 Å². The number of aromatic nitrogens is 2. The van der Waals surface area contributed by atoms with Gasteiger partial charge in [-0.3, -0.25) is 0 Å². The maximum atomic E-state index is 9.60. The van der Waals surface area contributed by atoms with Gasteiger partial charge >= 0.3 is 0 Å². The number of aliphatic hydroxyl groups excluding tert-OH is 1. The first-order chi connectivity index (χ1) is 9.72. The van der Waals surface area contributed by atoms with Crippen molar-refractivity contribution >= 4 is 5.82 Å². The molecule has 0 saturated carbocycles. The number of morpholine rings is 1. The molecule has 1 unspecified atom stereocenters. The van der Waals surface area contributed by atoms with E-state index in [1.807, 2.05) is 6.92 Å². The zero-order valence-corrected chi connectivity index (χ0v) is 11.9. The van der Waals surface area contributed by atoms with Gasteiger partial charge < -0.3 is 20.1 Å². The average Bonchev–Trinajstić information content (AvgIpc) is 2.48. The molecule has 0 aliphatic carbocycles. The predicted octanol–water partition coefficient (Wildman–Crippen LogP) is 0.407. The van der Waals surface area contributed by atoms with Gasteiger partial charge in [-0.15, -0.1) is 0 Å². The molecular weight excluding hydrogens is 256 g/mol. The Morgan fingerprint density at radius 3 is 2.85 bits per heavy atom. The first kappa shape index (κ1) is 13.7. The van der Waals surface area contributed by atoms with Crippen LogP contribution in [-0.4, -0.2) is 54.0 Å². The maximum absolute atomic E-state index is 9.60. The summed E-state index contributed by atoms with van der Waals surface area (Å²) in [6, 6.07) is 2.21. The molecule has 2 N–H and O–H groups in total. The van der Waals surface area contributed by atoms with E-state index >= 15 is 0 Å². The van der Waals surface area contributed by atoms with Crippen LogP contribution in [0.2, 0.25) is 0 Å². The fourth-order valence-electron chi connectivity index (χ4n) is 2.77. The Bertz CT molecular complexity index is 454. The molecule has 1 aromatic rings. The van der Waals surface area contributed by atoms with Crippen LogP contribution in [0.25, 0.3) is 0 Å². The number of aryl methyl sites for hydroxylation is 1. The molecule has 2 aliphatic heterocycles. The second kappa shape index (κ2) is 6.03. The van der Waals surface area contributed by atoms with E-state index in [9.17, 15) is 5.11 Å². The van der Waals surface area contributed by atoms with Crippen LogP contribution in [0.15, 0.2) is 6.07 Å². The summed E-state index contributed by atoms with van der Waals surface area (Å²) in [5.74, 6) is 1.75. The van der Waals surface area contributed by atoms with Gasteiger partial charge in [0.2, 0.25) is 0 Å². The topological polar surface area (TPSA) is 70.5 Å². The van der Waals surface area contributed by atoms with Crippen molar-refractivity contribution in [3.63, 3.8) is 0 Å². The van der Waals surface area contributed by atoms with Crippen LogP contribution in [0, 0.1) is 6.92 Å². The standard InChI is InChI=1S/C14H22N4O2/c1-10-16-12(13-9-20-7-4-15-13)8-14(17-10)18-5-2-11(19)3-6-18/h8,11,13,15,19H,2-7,9H2,1H3. The third-order valence-corrected chi connectivity index (χ3v) is 3.91. The van der Waals surface area contributed by atoms with Gasteiger partial charge in [0.1, 0.15) is 11.6 Å². The van der Waals surface area contributed by atoms with E-state index < -0.39 is 0 Å². The molecule has 2 saturated heterocycles. The second-order valence-electron chi connectivity index (χ2n) is 5.50. The molecule has 6 nitrogen and oxygen atoms in total. The summed E-state index contributed by atoms with van der Waals surface area (Å²) in [6.07, 6.45) is 1.45. The van der Waals surface area contributed by atoms with E-state index in [1.165, 1.54) is 0 Å². The molecule has 0 bridgehead atoms. The maximum Gasteiger partial charge on any atom is 0.132 e. The van der Waals surface area contributed by atoms with Gasteiger partial charge in [-0.2, -0.15) is 0 Å². The number of piperidine rings is 1. The summed E-state index contributed by atoms with van der Waals surface area (Å²) >= 11 is 0. The molecule has 3 rings (SSSR count). The van der Waals surface area contributed by atoms with Crippen molar-refractivity contribution in [2.24, 2.45) is 0 Å². The SMILES string of the molecule is Cc1nc(C2COCCN2)cc(N2CCC(O)CC2)n1. The molecule has 6 heteroatoms. The lowest BCUT2D eigenvalue weighted by Crippen LogP contribution is -2.37. The van der Waals surface area contributed by atoms with Crippen LogP contribution < -0.4 is 10.2 Å². The third kappa shape index (κ3) is 3.08. The second-order valence-corrected chi connectivity index (χ2v) is 5.50. The van der Waals surface area contributed by atoms with Crippen molar-refractivity contribution in [3.05, 3.63) is 17.6 Å². The minimum Gasteiger partial charge on any atom is -0.393 e. The van der Waals surface area contributed by atoms with E-state index in [-0.39, 0.29) is 12.1 Å². The Hall–Kier alpha value is -1.24. The molecule has 2 aliphatic rings. The number of hydrogen-bond acceptors (Lipinski definition) is 6. The summed E-state index contributed by atoms with van der Waals surface area (Å²) in [4.78, 5) is 11.3. The molecule has 0 amide bonds. The molecule has 0 spiro atoms. The Balaban J connectivity index is 1.79. The van der Waals surface area contributed by atoms with E-state index in [2.05, 4.69) is 26.3 Å². The van der Waals surface area contributed by atoms with Crippen LogP contribution in [0.1, 0.15) is 30.4 Å². The molecule has 0 aromatic carbocycles. The molecule has 110 valence electrons. The molecule has 1 atom stereocenters. The number of nitrogens with zero attached hydrogens (tertiary/aromatic N) is 3. The van der Waals surface area contributed by atoms with Crippen molar-refractivity contribution in [1.29, 1.82) is 0 Å². The van der Waals surface area contributed by atoms with Crippen LogP contribution in [0.4, 0.5) is 5.82 Å². The van der Waals surface area contributed by atoms with Gasteiger partial charge in [0, 0.05) is 25.7 Å². The Labute approximate surface area is 119 Å². The summed E-state index contributed by atoms with van der Waals surface area (Å²) < 4.78 is 5.51. The third-order valence-electron chi connectivity index (χ3n) is 3.91. The lowest BCUT2D eigenvalue weighted by atomic mass is 10.1. The van der Waals surface area contributed by atoms with Crippen LogP contribution in [0.3, 0.4) is 0 Å². The van der Waals surface area contributed by atoms with Gasteiger partial charge in [0.25, 0.3) is 0 Å². The van der Waals surface area contributed by atoms with Crippen molar-refractivity contribution in [1.82, 2.24) is 15.3 Å². The fourth-order valence-corrected chi connectivity index (χ4v) is 2.77. The van der Waals surface area contributed by atoms with E-state index in [0.717, 1.165) is 56.4 Å². The van der Waals surface area contributed by atoms with E-state index in [0.29, 0.717) is 6.61 Å². The largest absolute Gasteiger partial charge is 0.393 e.